The minimum absolute atomic E-state index is 0.0195. The molecule has 0 aliphatic carbocycles. The summed E-state index contributed by atoms with van der Waals surface area (Å²) in [6, 6.07) is -3.23. The van der Waals surface area contributed by atoms with E-state index < -0.39 is 145 Å². The van der Waals surface area contributed by atoms with E-state index in [1.54, 1.807) is 58.0 Å². The average Bonchev–Trinajstić information content (AvgIpc) is 3.76. The number of rotatable bonds is 27. The summed E-state index contributed by atoms with van der Waals surface area (Å²) in [6.45, 7) is 7.52. The number of aliphatic hydroxyl groups excluding tert-OH is 3. The van der Waals surface area contributed by atoms with Crippen LogP contribution in [0.15, 0.2) is 30.3 Å². The summed E-state index contributed by atoms with van der Waals surface area (Å²) >= 11 is 0. The van der Waals surface area contributed by atoms with Gasteiger partial charge in [0, 0.05) is 13.0 Å². The van der Waals surface area contributed by atoms with Crippen molar-refractivity contribution in [3.8, 4) is 0 Å². The summed E-state index contributed by atoms with van der Waals surface area (Å²) in [5.74, 6) is -11.0. The lowest BCUT2D eigenvalue weighted by Crippen LogP contribution is -2.62. The smallest absolute Gasteiger partial charge is 0.326 e. The number of likely N-dealkylation sites (tertiary alicyclic amines) is 1. The molecule has 1 aliphatic rings. The minimum atomic E-state index is -1.68. The molecule has 11 atom stereocenters. The van der Waals surface area contributed by atoms with Gasteiger partial charge >= 0.3 is 11.9 Å². The molecular weight excluding hydrogens is 883 g/mol. The van der Waals surface area contributed by atoms with Crippen molar-refractivity contribution in [3.63, 3.8) is 0 Å². The van der Waals surface area contributed by atoms with Crippen LogP contribution in [0.3, 0.4) is 0 Å². The molecule has 1 aromatic rings. The van der Waals surface area contributed by atoms with E-state index in [-0.39, 0.29) is 38.1 Å². The van der Waals surface area contributed by atoms with Crippen LogP contribution in [0.2, 0.25) is 0 Å². The van der Waals surface area contributed by atoms with Crippen LogP contribution in [0.4, 0.5) is 0 Å². The van der Waals surface area contributed by atoms with Crippen molar-refractivity contribution in [2.75, 3.05) is 19.7 Å². The fourth-order valence-corrected chi connectivity index (χ4v) is 7.05. The lowest BCUT2D eigenvalue weighted by molar-refractivity contribution is -0.144. The van der Waals surface area contributed by atoms with Gasteiger partial charge in [0.2, 0.25) is 47.3 Å². The molecule has 14 N–H and O–H groups in total. The monoisotopic (exact) mass is 949 g/mol. The van der Waals surface area contributed by atoms with Crippen molar-refractivity contribution in [2.45, 2.75) is 141 Å². The van der Waals surface area contributed by atoms with E-state index >= 15 is 0 Å². The molecule has 1 fully saturated rings. The number of hydrogen-bond acceptors (Lipinski definition) is 14. The Bertz CT molecular complexity index is 1900. The molecule has 0 aromatic heterocycles. The zero-order chi connectivity index (χ0) is 50.7. The number of amides is 8. The van der Waals surface area contributed by atoms with Crippen molar-refractivity contribution in [1.29, 1.82) is 0 Å². The molecule has 0 radical (unpaired) electrons. The molecule has 0 unspecified atom stereocenters. The van der Waals surface area contributed by atoms with Crippen molar-refractivity contribution >= 4 is 59.2 Å². The number of carbonyl (C=O) groups is 10. The highest BCUT2D eigenvalue weighted by Crippen LogP contribution is 2.20. The predicted octanol–water partition coefficient (Wildman–Crippen LogP) is -4.02. The number of aliphatic carboxylic acids is 2. The number of nitrogens with one attached hydrogen (secondary N) is 7. The van der Waals surface area contributed by atoms with E-state index in [1.807, 2.05) is 0 Å². The van der Waals surface area contributed by atoms with Crippen molar-refractivity contribution in [2.24, 2.45) is 17.6 Å². The van der Waals surface area contributed by atoms with Crippen LogP contribution < -0.4 is 43.0 Å². The number of nitrogens with zero attached hydrogens (tertiary/aromatic N) is 1. The first-order valence-corrected chi connectivity index (χ1v) is 22.0. The molecule has 1 aromatic carbocycles. The predicted molar refractivity (Wildman–Crippen MR) is 237 cm³/mol. The fraction of sp³-hybridized carbons (Fsp3) is 0.628. The summed E-state index contributed by atoms with van der Waals surface area (Å²) in [5, 5.41) is 66.4. The molecular formula is C43H67N9O15. The maximum Gasteiger partial charge on any atom is 0.326 e. The Kier molecular flexibility index (Phi) is 23.3. The van der Waals surface area contributed by atoms with E-state index in [4.69, 9.17) is 10.8 Å². The van der Waals surface area contributed by atoms with Crippen LogP contribution >= 0.6 is 0 Å². The number of nitrogens with two attached hydrogens (primary N) is 1. The minimum Gasteiger partial charge on any atom is -0.481 e. The largest absolute Gasteiger partial charge is 0.481 e. The first-order chi connectivity index (χ1) is 31.4. The van der Waals surface area contributed by atoms with Crippen molar-refractivity contribution in [3.05, 3.63) is 35.9 Å². The van der Waals surface area contributed by atoms with Crippen LogP contribution in [-0.2, 0) is 54.4 Å². The molecule has 0 spiro atoms. The molecule has 1 saturated heterocycles. The zero-order valence-corrected chi connectivity index (χ0v) is 38.5. The summed E-state index contributed by atoms with van der Waals surface area (Å²) in [7, 11) is 0. The van der Waals surface area contributed by atoms with Crippen molar-refractivity contribution < 1.29 is 73.5 Å². The summed E-state index contributed by atoms with van der Waals surface area (Å²) in [4.78, 5) is 131. The zero-order valence-electron chi connectivity index (χ0n) is 38.5. The van der Waals surface area contributed by atoms with Crippen LogP contribution in [0.5, 0.6) is 0 Å². The second kappa shape index (κ2) is 27.4. The Morgan fingerprint density at radius 1 is 0.716 bits per heavy atom. The molecule has 24 heteroatoms. The number of aliphatic hydroxyl groups is 3. The highest BCUT2D eigenvalue weighted by Gasteiger charge is 2.41. The third kappa shape index (κ3) is 18.2. The molecule has 2 rings (SSSR count). The molecule has 24 nitrogen and oxygen atoms in total. The Hall–Kier alpha value is -6.24. The highest BCUT2D eigenvalue weighted by molar-refractivity contribution is 5.98. The maximum atomic E-state index is 13.8. The van der Waals surface area contributed by atoms with Gasteiger partial charge in [0.1, 0.15) is 42.3 Å². The van der Waals surface area contributed by atoms with E-state index in [1.165, 1.54) is 6.92 Å². The lowest BCUT2D eigenvalue weighted by atomic mass is 9.97. The van der Waals surface area contributed by atoms with Gasteiger partial charge in [0.15, 0.2) is 0 Å². The Labute approximate surface area is 387 Å². The summed E-state index contributed by atoms with van der Waals surface area (Å²) in [6.07, 6.45) is -3.18. The van der Waals surface area contributed by atoms with Gasteiger partial charge in [0.05, 0.1) is 37.8 Å². The second-order valence-electron chi connectivity index (χ2n) is 17.0. The van der Waals surface area contributed by atoms with Crippen LogP contribution in [-0.4, -0.2) is 170 Å². The van der Waals surface area contributed by atoms with Crippen LogP contribution in [0, 0.1) is 11.8 Å². The van der Waals surface area contributed by atoms with Crippen LogP contribution in [0.25, 0.3) is 0 Å². The fourth-order valence-electron chi connectivity index (χ4n) is 7.05. The van der Waals surface area contributed by atoms with Gasteiger partial charge in [-0.05, 0) is 50.5 Å². The molecule has 0 saturated carbocycles. The number of hydrogen-bond donors (Lipinski definition) is 13. The third-order valence-corrected chi connectivity index (χ3v) is 11.0. The van der Waals surface area contributed by atoms with Gasteiger partial charge < -0.3 is 73.4 Å². The number of benzene rings is 1. The Morgan fingerprint density at radius 3 is 1.81 bits per heavy atom. The molecule has 1 aliphatic heterocycles. The normalized spacial score (nSPS) is 18.0. The van der Waals surface area contributed by atoms with Gasteiger partial charge in [-0.25, -0.2) is 4.79 Å². The number of carboxylic acids is 2. The second-order valence-corrected chi connectivity index (χ2v) is 17.0. The standard InChI is InChI=1S/C43H67N9O15/c1-7-22(4)33(49-41(64)35(24(6)55)50-36(59)26(44)18-32(57)58)39(62)48-29(20-53)42(65)52-15-11-14-30(52)38(61)51-34(23(5)54)40(63)47-27(16-21(2)3)37(60)45-19-31(56)46-28(43(66)67)17-25-12-9-8-10-13-25/h8-10,12-13,21-24,26-30,33-35,53-55H,7,11,14-20,44H2,1-6H3,(H,45,60)(H,46,56)(H,47,63)(H,48,62)(H,49,64)(H,50,59)(H,51,61)(H,57,58)(H,66,67)/t22-,23+,24+,26-,27-,28-,29-,30-,33-,34-,35-/m0/s1. The molecule has 374 valence electrons. The van der Waals surface area contributed by atoms with E-state index in [9.17, 15) is 68.4 Å². The van der Waals surface area contributed by atoms with Gasteiger partial charge in [-0.2, -0.15) is 0 Å². The molecule has 0 bridgehead atoms. The third-order valence-electron chi connectivity index (χ3n) is 11.0. The topological polar surface area (TPSA) is 385 Å². The molecule has 1 heterocycles. The van der Waals surface area contributed by atoms with E-state index in [0.717, 1.165) is 11.8 Å². The van der Waals surface area contributed by atoms with Gasteiger partial charge in [-0.3, -0.25) is 43.2 Å². The Balaban J connectivity index is 2.16. The van der Waals surface area contributed by atoms with Crippen LogP contribution in [0.1, 0.15) is 79.2 Å². The summed E-state index contributed by atoms with van der Waals surface area (Å²) in [5.41, 5.74) is 6.24. The SMILES string of the molecule is CC[C@H](C)[C@H](NC(=O)[C@@H](NC(=O)[C@@H](N)CC(=O)O)[C@@H](C)O)C(=O)N[C@@H](CO)C(=O)N1CCC[C@H]1C(=O)N[C@H](C(=O)N[C@@H](CC(C)C)C(=O)NCC(=O)N[C@@H](Cc1ccccc1)C(=O)O)[C@@H](C)O. The van der Waals surface area contributed by atoms with Gasteiger partial charge in [-0.15, -0.1) is 0 Å². The maximum absolute atomic E-state index is 13.8. The Morgan fingerprint density at radius 2 is 1.27 bits per heavy atom. The number of carboxylic acid groups (broad SMARTS) is 2. The molecule has 67 heavy (non-hydrogen) atoms. The quantitative estimate of drug-likeness (QED) is 0.0399. The van der Waals surface area contributed by atoms with Crippen molar-refractivity contribution in [1.82, 2.24) is 42.1 Å². The van der Waals surface area contributed by atoms with Gasteiger partial charge in [0.25, 0.3) is 0 Å². The average molecular weight is 950 g/mol. The molecule has 8 amide bonds. The lowest BCUT2D eigenvalue weighted by Gasteiger charge is -2.32. The first-order valence-electron chi connectivity index (χ1n) is 22.0. The van der Waals surface area contributed by atoms with E-state index in [2.05, 4.69) is 37.2 Å². The van der Waals surface area contributed by atoms with Gasteiger partial charge in [-0.1, -0.05) is 64.4 Å². The number of carbonyl (C=O) groups excluding carboxylic acids is 8. The summed E-state index contributed by atoms with van der Waals surface area (Å²) < 4.78 is 0. The highest BCUT2D eigenvalue weighted by atomic mass is 16.4. The van der Waals surface area contributed by atoms with E-state index in [0.29, 0.717) is 12.0 Å². The first kappa shape index (κ1) is 56.9.